The van der Waals surface area contributed by atoms with E-state index >= 15 is 0 Å². The highest BCUT2D eigenvalue weighted by Crippen LogP contribution is 2.30. The molecule has 1 aliphatic heterocycles. The van der Waals surface area contributed by atoms with Gasteiger partial charge in [0.2, 0.25) is 5.88 Å². The average Bonchev–Trinajstić information content (AvgIpc) is 3.11. The number of nitrogens with two attached hydrogens (primary N) is 1. The number of hydroxylamine groups is 2. The van der Waals surface area contributed by atoms with Crippen molar-refractivity contribution in [3.63, 3.8) is 0 Å². The minimum Gasteiger partial charge on any atom is -0.497 e. The van der Waals surface area contributed by atoms with Crippen molar-refractivity contribution >= 4 is 0 Å². The van der Waals surface area contributed by atoms with Crippen molar-refractivity contribution in [2.75, 3.05) is 13.7 Å². The molecule has 1 unspecified atom stereocenters. The molecule has 22 heavy (non-hydrogen) atoms. The maximum atomic E-state index is 5.81. The zero-order valence-electron chi connectivity index (χ0n) is 12.8. The molecule has 0 saturated heterocycles. The summed E-state index contributed by atoms with van der Waals surface area (Å²) in [5.41, 5.74) is 7.02. The van der Waals surface area contributed by atoms with E-state index in [1.165, 1.54) is 5.56 Å². The fourth-order valence-corrected chi connectivity index (χ4v) is 2.51. The van der Waals surface area contributed by atoms with Crippen molar-refractivity contribution in [1.82, 2.24) is 5.06 Å². The Bertz CT molecular complexity index is 661. The summed E-state index contributed by atoms with van der Waals surface area (Å²) in [6.45, 7) is 2.64. The number of furan rings is 1. The highest BCUT2D eigenvalue weighted by Gasteiger charge is 2.29. The Balaban J connectivity index is 1.66. The lowest BCUT2D eigenvalue weighted by Crippen LogP contribution is -2.25. The van der Waals surface area contributed by atoms with Gasteiger partial charge in [0.25, 0.3) is 0 Å². The molecule has 0 saturated carbocycles. The second-order valence-electron chi connectivity index (χ2n) is 5.29. The Morgan fingerprint density at radius 2 is 1.95 bits per heavy atom. The van der Waals surface area contributed by atoms with Crippen LogP contribution in [0.2, 0.25) is 0 Å². The van der Waals surface area contributed by atoms with Crippen LogP contribution in [-0.2, 0) is 11.3 Å². The van der Waals surface area contributed by atoms with Crippen LogP contribution >= 0.6 is 0 Å². The minimum absolute atomic E-state index is 0.0769. The standard InChI is InChI=1S/C17H20N2O3/c1-12-3-8-16(21-12)15-11-17(18)22-19(15)10-9-13-4-6-14(20-2)7-5-13/h3-8,11,15H,9-10,18H2,1-2H3. The van der Waals surface area contributed by atoms with Gasteiger partial charge in [-0.2, -0.15) is 0 Å². The molecule has 1 atom stereocenters. The molecule has 0 bridgehead atoms. The van der Waals surface area contributed by atoms with E-state index in [9.17, 15) is 0 Å². The first-order valence-corrected chi connectivity index (χ1v) is 7.27. The van der Waals surface area contributed by atoms with Crippen molar-refractivity contribution < 1.29 is 14.0 Å². The van der Waals surface area contributed by atoms with Gasteiger partial charge in [-0.25, -0.2) is 0 Å². The Morgan fingerprint density at radius 1 is 1.18 bits per heavy atom. The van der Waals surface area contributed by atoms with Crippen LogP contribution in [0.3, 0.4) is 0 Å². The van der Waals surface area contributed by atoms with Crippen molar-refractivity contribution in [2.24, 2.45) is 5.73 Å². The van der Waals surface area contributed by atoms with Gasteiger partial charge < -0.3 is 19.7 Å². The van der Waals surface area contributed by atoms with Gasteiger partial charge in [0.05, 0.1) is 7.11 Å². The van der Waals surface area contributed by atoms with Gasteiger partial charge in [-0.3, -0.25) is 0 Å². The molecule has 3 rings (SSSR count). The third kappa shape index (κ3) is 3.09. The zero-order chi connectivity index (χ0) is 15.5. The molecular weight excluding hydrogens is 280 g/mol. The van der Waals surface area contributed by atoms with Gasteiger partial charge in [0.15, 0.2) is 0 Å². The Labute approximate surface area is 129 Å². The minimum atomic E-state index is -0.0769. The molecule has 1 aromatic heterocycles. The van der Waals surface area contributed by atoms with Crippen molar-refractivity contribution in [2.45, 2.75) is 19.4 Å². The topological polar surface area (TPSA) is 60.9 Å². The van der Waals surface area contributed by atoms with Crippen LogP contribution < -0.4 is 10.5 Å². The molecule has 116 valence electrons. The smallest absolute Gasteiger partial charge is 0.207 e. The van der Waals surface area contributed by atoms with E-state index < -0.39 is 0 Å². The molecular formula is C17H20N2O3. The third-order valence-corrected chi connectivity index (χ3v) is 3.69. The molecule has 5 heteroatoms. The molecule has 1 aliphatic rings. The molecule has 5 nitrogen and oxygen atoms in total. The highest BCUT2D eigenvalue weighted by molar-refractivity contribution is 5.27. The third-order valence-electron chi connectivity index (χ3n) is 3.69. The Hall–Kier alpha value is -2.40. The lowest BCUT2D eigenvalue weighted by molar-refractivity contribution is -0.122. The number of benzene rings is 1. The lowest BCUT2D eigenvalue weighted by atomic mass is 10.1. The highest BCUT2D eigenvalue weighted by atomic mass is 16.7. The van der Waals surface area contributed by atoms with Crippen LogP contribution in [0.15, 0.2) is 52.8 Å². The van der Waals surface area contributed by atoms with E-state index in [0.29, 0.717) is 12.4 Å². The summed E-state index contributed by atoms with van der Waals surface area (Å²) < 4.78 is 10.9. The normalized spacial score (nSPS) is 18.1. The molecule has 0 spiro atoms. The fraction of sp³-hybridized carbons (Fsp3) is 0.294. The number of nitrogens with zero attached hydrogens (tertiary/aromatic N) is 1. The number of ether oxygens (including phenoxy) is 1. The van der Waals surface area contributed by atoms with Gasteiger partial charge in [0, 0.05) is 12.6 Å². The van der Waals surface area contributed by atoms with Crippen molar-refractivity contribution in [3.05, 3.63) is 65.4 Å². The van der Waals surface area contributed by atoms with E-state index in [0.717, 1.165) is 23.7 Å². The summed E-state index contributed by atoms with van der Waals surface area (Å²) in [5, 5.41) is 1.85. The number of methoxy groups -OCH3 is 1. The van der Waals surface area contributed by atoms with Crippen LogP contribution in [0.4, 0.5) is 0 Å². The van der Waals surface area contributed by atoms with Crippen LogP contribution in [0.1, 0.15) is 23.1 Å². The summed E-state index contributed by atoms with van der Waals surface area (Å²) in [7, 11) is 1.66. The SMILES string of the molecule is COc1ccc(CCN2OC(N)=CC2c2ccc(C)o2)cc1. The van der Waals surface area contributed by atoms with Gasteiger partial charge in [-0.05, 0) is 43.2 Å². The van der Waals surface area contributed by atoms with E-state index in [4.69, 9.17) is 19.7 Å². The average molecular weight is 300 g/mol. The van der Waals surface area contributed by atoms with Crippen LogP contribution in [0.5, 0.6) is 5.75 Å². The Kier molecular flexibility index (Phi) is 4.06. The quantitative estimate of drug-likeness (QED) is 0.920. The van der Waals surface area contributed by atoms with Crippen molar-refractivity contribution in [3.8, 4) is 5.75 Å². The van der Waals surface area contributed by atoms with Crippen molar-refractivity contribution in [1.29, 1.82) is 0 Å². The van der Waals surface area contributed by atoms with Gasteiger partial charge in [-0.15, -0.1) is 5.06 Å². The number of hydrogen-bond acceptors (Lipinski definition) is 5. The predicted octanol–water partition coefficient (Wildman–Crippen LogP) is 2.93. The van der Waals surface area contributed by atoms with E-state index in [1.54, 1.807) is 7.11 Å². The van der Waals surface area contributed by atoms with Crippen LogP contribution in [0.25, 0.3) is 0 Å². The van der Waals surface area contributed by atoms with Gasteiger partial charge >= 0.3 is 0 Å². The molecule has 0 fully saturated rings. The van der Waals surface area contributed by atoms with Gasteiger partial charge in [0.1, 0.15) is 23.3 Å². The van der Waals surface area contributed by atoms with E-state index in [2.05, 4.69) is 12.1 Å². The number of hydrogen-bond donors (Lipinski definition) is 1. The maximum absolute atomic E-state index is 5.81. The molecule has 0 radical (unpaired) electrons. The predicted molar refractivity (Wildman–Crippen MR) is 82.9 cm³/mol. The Morgan fingerprint density at radius 3 is 2.59 bits per heavy atom. The number of rotatable bonds is 5. The van der Waals surface area contributed by atoms with Gasteiger partial charge in [-0.1, -0.05) is 12.1 Å². The molecule has 2 aromatic rings. The summed E-state index contributed by atoms with van der Waals surface area (Å²) >= 11 is 0. The summed E-state index contributed by atoms with van der Waals surface area (Å²) in [6.07, 6.45) is 2.72. The van der Waals surface area contributed by atoms with E-state index in [1.807, 2.05) is 42.3 Å². The molecule has 1 aromatic carbocycles. The summed E-state index contributed by atoms with van der Waals surface area (Å²) in [4.78, 5) is 5.59. The summed E-state index contributed by atoms with van der Waals surface area (Å²) in [5.74, 6) is 2.99. The molecule has 0 aliphatic carbocycles. The first-order chi connectivity index (χ1) is 10.7. The van der Waals surface area contributed by atoms with Crippen LogP contribution in [-0.4, -0.2) is 18.7 Å². The maximum Gasteiger partial charge on any atom is 0.207 e. The largest absolute Gasteiger partial charge is 0.497 e. The van der Waals surface area contributed by atoms with Crippen LogP contribution in [0, 0.1) is 6.92 Å². The second-order valence-corrected chi connectivity index (χ2v) is 5.29. The first kappa shape index (κ1) is 14.5. The second kappa shape index (κ2) is 6.15. The zero-order valence-corrected chi connectivity index (χ0v) is 12.8. The molecule has 0 amide bonds. The first-order valence-electron chi connectivity index (χ1n) is 7.27. The fourth-order valence-electron chi connectivity index (χ4n) is 2.51. The monoisotopic (exact) mass is 300 g/mol. The molecule has 2 N–H and O–H groups in total. The summed E-state index contributed by atoms with van der Waals surface area (Å²) in [6, 6.07) is 11.8. The molecule has 2 heterocycles. The lowest BCUT2D eigenvalue weighted by Gasteiger charge is -2.21. The number of aryl methyl sites for hydroxylation is 1. The van der Waals surface area contributed by atoms with E-state index in [-0.39, 0.29) is 6.04 Å².